The van der Waals surface area contributed by atoms with Gasteiger partial charge < -0.3 is 9.15 Å². The Bertz CT molecular complexity index is 1050. The van der Waals surface area contributed by atoms with Crippen molar-refractivity contribution in [2.75, 3.05) is 0 Å². The number of halogens is 3. The normalized spacial score (nSPS) is 10.9. The smallest absolute Gasteiger partial charge is 0.351 e. The Morgan fingerprint density at radius 3 is 2.36 bits per heavy atom. The van der Waals surface area contributed by atoms with Crippen LogP contribution in [0.4, 0.5) is 0 Å². The Balaban J connectivity index is 2.03. The van der Waals surface area contributed by atoms with E-state index in [4.69, 9.17) is 20.8 Å². The molecule has 0 spiro atoms. The van der Waals surface area contributed by atoms with Crippen LogP contribution in [0, 0.1) is 13.8 Å². The summed E-state index contributed by atoms with van der Waals surface area (Å²) in [7, 11) is 0. The first-order valence-corrected chi connectivity index (χ1v) is 9.14. The molecule has 4 nitrogen and oxygen atoms in total. The maximum Gasteiger partial charge on any atom is 0.351 e. The van der Waals surface area contributed by atoms with Gasteiger partial charge in [0.2, 0.25) is 0 Å². The molecule has 0 bridgehead atoms. The zero-order chi connectivity index (χ0) is 18.3. The van der Waals surface area contributed by atoms with Crippen molar-refractivity contribution in [2.45, 2.75) is 13.8 Å². The molecule has 2 aromatic carbocycles. The standard InChI is InChI=1S/C18H11Br2ClO4/c1-8-3-12(4-9(2)15(8)21)24-17(22)13-6-10-5-11(19)7-14(20)16(10)25-18(13)23/h3-7H,1-2H3. The third-order valence-electron chi connectivity index (χ3n) is 3.59. The SMILES string of the molecule is Cc1cc(OC(=O)c2cc3cc(Br)cc(Br)c3oc2=O)cc(C)c1Cl. The Hall–Kier alpha value is -1.63. The highest BCUT2D eigenvalue weighted by Crippen LogP contribution is 2.29. The maximum absolute atomic E-state index is 12.4. The van der Waals surface area contributed by atoms with E-state index in [1.165, 1.54) is 6.07 Å². The van der Waals surface area contributed by atoms with Crippen molar-refractivity contribution in [3.63, 3.8) is 0 Å². The molecule has 0 aliphatic rings. The summed E-state index contributed by atoms with van der Waals surface area (Å²) in [5.74, 6) is -0.466. The van der Waals surface area contributed by atoms with Gasteiger partial charge in [0.1, 0.15) is 11.3 Å². The Kier molecular flexibility index (Phi) is 5.04. The van der Waals surface area contributed by atoms with E-state index in [1.54, 1.807) is 24.3 Å². The second kappa shape index (κ2) is 6.94. The Morgan fingerprint density at radius 1 is 1.08 bits per heavy atom. The number of benzene rings is 2. The molecule has 0 atom stereocenters. The highest BCUT2D eigenvalue weighted by molar-refractivity contribution is 9.11. The first kappa shape index (κ1) is 18.2. The van der Waals surface area contributed by atoms with Crippen molar-refractivity contribution in [1.82, 2.24) is 0 Å². The summed E-state index contributed by atoms with van der Waals surface area (Å²) in [6, 6.07) is 8.24. The molecule has 0 fully saturated rings. The minimum atomic E-state index is -0.784. The third kappa shape index (κ3) is 3.66. The number of esters is 1. The molecule has 3 rings (SSSR count). The van der Waals surface area contributed by atoms with E-state index in [1.807, 2.05) is 13.8 Å². The third-order valence-corrected chi connectivity index (χ3v) is 5.24. The molecule has 0 saturated heterocycles. The van der Waals surface area contributed by atoms with Crippen LogP contribution in [0.3, 0.4) is 0 Å². The lowest BCUT2D eigenvalue weighted by molar-refractivity contribution is 0.0730. The number of fused-ring (bicyclic) bond motifs is 1. The lowest BCUT2D eigenvalue weighted by Crippen LogP contribution is -2.18. The lowest BCUT2D eigenvalue weighted by atomic mass is 10.1. The van der Waals surface area contributed by atoms with Crippen LogP contribution in [0.15, 0.2) is 48.5 Å². The van der Waals surface area contributed by atoms with E-state index >= 15 is 0 Å². The monoisotopic (exact) mass is 484 g/mol. The second-order valence-electron chi connectivity index (χ2n) is 5.51. The van der Waals surface area contributed by atoms with Crippen molar-refractivity contribution in [3.05, 3.63) is 71.4 Å². The number of rotatable bonds is 2. The molecule has 0 aliphatic carbocycles. The quantitative estimate of drug-likeness (QED) is 0.261. The van der Waals surface area contributed by atoms with Crippen LogP contribution in [0.25, 0.3) is 11.0 Å². The van der Waals surface area contributed by atoms with Crippen molar-refractivity contribution in [2.24, 2.45) is 0 Å². The molecule has 0 radical (unpaired) electrons. The topological polar surface area (TPSA) is 56.5 Å². The fourth-order valence-electron chi connectivity index (χ4n) is 2.43. The summed E-state index contributed by atoms with van der Waals surface area (Å²) < 4.78 is 12.0. The first-order chi connectivity index (χ1) is 11.8. The average molecular weight is 487 g/mol. The molecule has 0 unspecified atom stereocenters. The average Bonchev–Trinajstić information content (AvgIpc) is 2.52. The molecule has 128 valence electrons. The van der Waals surface area contributed by atoms with Gasteiger partial charge >= 0.3 is 11.6 Å². The summed E-state index contributed by atoms with van der Waals surface area (Å²) in [4.78, 5) is 24.6. The molecule has 25 heavy (non-hydrogen) atoms. The number of carbonyl (C=O) groups is 1. The zero-order valence-corrected chi connectivity index (χ0v) is 17.1. The van der Waals surface area contributed by atoms with Crippen LogP contribution in [0.5, 0.6) is 5.75 Å². The highest BCUT2D eigenvalue weighted by atomic mass is 79.9. The van der Waals surface area contributed by atoms with Crippen LogP contribution in [0.1, 0.15) is 21.5 Å². The van der Waals surface area contributed by atoms with Crippen LogP contribution in [-0.4, -0.2) is 5.97 Å². The number of hydrogen-bond acceptors (Lipinski definition) is 4. The number of aryl methyl sites for hydroxylation is 2. The maximum atomic E-state index is 12.4. The highest BCUT2D eigenvalue weighted by Gasteiger charge is 2.18. The van der Waals surface area contributed by atoms with Gasteiger partial charge in [-0.15, -0.1) is 0 Å². The zero-order valence-electron chi connectivity index (χ0n) is 13.2. The number of hydrogen-bond donors (Lipinski definition) is 0. The van der Waals surface area contributed by atoms with E-state index < -0.39 is 11.6 Å². The largest absolute Gasteiger partial charge is 0.423 e. The van der Waals surface area contributed by atoms with Crippen molar-refractivity contribution in [3.8, 4) is 5.75 Å². The Morgan fingerprint density at radius 2 is 1.72 bits per heavy atom. The molecule has 0 saturated carbocycles. The molecule has 1 heterocycles. The van der Waals surface area contributed by atoms with E-state index in [0.29, 0.717) is 26.2 Å². The predicted molar refractivity (Wildman–Crippen MR) is 104 cm³/mol. The lowest BCUT2D eigenvalue weighted by Gasteiger charge is -2.09. The molecule has 0 aliphatic heterocycles. The number of ether oxygens (including phenoxy) is 1. The predicted octanol–water partition coefficient (Wildman–Crippen LogP) is 5.81. The van der Waals surface area contributed by atoms with Gasteiger partial charge in [-0.25, -0.2) is 9.59 Å². The summed E-state index contributed by atoms with van der Waals surface area (Å²) in [5, 5.41) is 1.20. The fraction of sp³-hybridized carbons (Fsp3) is 0.111. The van der Waals surface area contributed by atoms with E-state index in [2.05, 4.69) is 31.9 Å². The van der Waals surface area contributed by atoms with Gasteiger partial charge in [-0.3, -0.25) is 0 Å². The van der Waals surface area contributed by atoms with Crippen molar-refractivity contribution < 1.29 is 13.9 Å². The summed E-state index contributed by atoms with van der Waals surface area (Å²) >= 11 is 12.8. The molecular weight excluding hydrogens is 475 g/mol. The molecule has 7 heteroatoms. The van der Waals surface area contributed by atoms with Gasteiger partial charge in [0, 0.05) is 14.9 Å². The van der Waals surface area contributed by atoms with Crippen molar-refractivity contribution in [1.29, 1.82) is 0 Å². The van der Waals surface area contributed by atoms with Gasteiger partial charge in [0.05, 0.1) is 4.47 Å². The summed E-state index contributed by atoms with van der Waals surface area (Å²) in [6.45, 7) is 3.62. The van der Waals surface area contributed by atoms with E-state index in [0.717, 1.165) is 15.6 Å². The van der Waals surface area contributed by atoms with E-state index in [9.17, 15) is 9.59 Å². The Labute approximate surface area is 165 Å². The van der Waals surface area contributed by atoms with Crippen LogP contribution in [-0.2, 0) is 0 Å². The molecule has 1 aromatic heterocycles. The van der Waals surface area contributed by atoms with Crippen LogP contribution in [0.2, 0.25) is 5.02 Å². The first-order valence-electron chi connectivity index (χ1n) is 7.18. The molecular formula is C18H11Br2ClO4. The van der Waals surface area contributed by atoms with Gasteiger partial charge in [-0.2, -0.15) is 0 Å². The van der Waals surface area contributed by atoms with Gasteiger partial charge in [-0.05, 0) is 71.2 Å². The number of carbonyl (C=O) groups excluding carboxylic acids is 1. The van der Waals surface area contributed by atoms with Gasteiger partial charge in [-0.1, -0.05) is 27.5 Å². The molecule has 0 amide bonds. The summed E-state index contributed by atoms with van der Waals surface area (Å²) in [6.07, 6.45) is 0. The minimum absolute atomic E-state index is 0.178. The van der Waals surface area contributed by atoms with Crippen molar-refractivity contribution >= 4 is 60.4 Å². The van der Waals surface area contributed by atoms with Crippen LogP contribution < -0.4 is 10.4 Å². The fourth-order valence-corrected chi connectivity index (χ4v) is 3.87. The minimum Gasteiger partial charge on any atom is -0.423 e. The van der Waals surface area contributed by atoms with Gasteiger partial charge in [0.15, 0.2) is 5.58 Å². The van der Waals surface area contributed by atoms with Gasteiger partial charge in [0.25, 0.3) is 0 Å². The summed E-state index contributed by atoms with van der Waals surface area (Å²) in [5.41, 5.74) is 0.986. The second-order valence-corrected chi connectivity index (χ2v) is 7.66. The van der Waals surface area contributed by atoms with Crippen LogP contribution >= 0.6 is 43.5 Å². The van der Waals surface area contributed by atoms with E-state index in [-0.39, 0.29) is 5.56 Å². The molecule has 3 aromatic rings. The molecule has 0 N–H and O–H groups in total.